The van der Waals surface area contributed by atoms with Gasteiger partial charge in [-0.1, -0.05) is 64.2 Å². The molecule has 0 aliphatic heterocycles. The lowest BCUT2D eigenvalue weighted by molar-refractivity contribution is -0.206. The molecule has 0 spiro atoms. The molecule has 0 saturated heterocycles. The fourth-order valence-electron chi connectivity index (χ4n) is 4.34. The summed E-state index contributed by atoms with van der Waals surface area (Å²) in [5.41, 5.74) is 2.45. The van der Waals surface area contributed by atoms with Crippen LogP contribution in [0.1, 0.15) is 91.5 Å². The number of rotatable bonds is 14. The number of benzene rings is 2. The lowest BCUT2D eigenvalue weighted by Crippen LogP contribution is -2.33. The molecule has 0 amide bonds. The quantitative estimate of drug-likeness (QED) is 0.159. The van der Waals surface area contributed by atoms with E-state index < -0.39 is 24.2 Å². The summed E-state index contributed by atoms with van der Waals surface area (Å²) >= 11 is 0. The molecule has 214 valence electrons. The highest BCUT2D eigenvalue weighted by atomic mass is 19.4. The van der Waals surface area contributed by atoms with Gasteiger partial charge in [-0.2, -0.15) is 13.2 Å². The first-order valence-electron chi connectivity index (χ1n) is 13.7. The van der Waals surface area contributed by atoms with Crippen molar-refractivity contribution in [3.8, 4) is 22.5 Å². The Hall–Kier alpha value is -3.75. The van der Waals surface area contributed by atoms with Gasteiger partial charge in [0, 0.05) is 18.0 Å². The molecule has 0 unspecified atom stereocenters. The maximum absolute atomic E-state index is 13.3. The SMILES string of the molecule is CCCCCCCc1cnc(-c2ccc(C(=O)O)c(-c3ccc(C(=O)O[C@@H](CCCC)C(F)(F)F)cc3)c2)nc1. The van der Waals surface area contributed by atoms with Crippen LogP contribution in [0.4, 0.5) is 13.2 Å². The van der Waals surface area contributed by atoms with Crippen LogP contribution in [0.5, 0.6) is 0 Å². The minimum atomic E-state index is -4.66. The second-order valence-corrected chi connectivity index (χ2v) is 9.80. The van der Waals surface area contributed by atoms with E-state index in [2.05, 4.69) is 16.9 Å². The zero-order chi connectivity index (χ0) is 29.1. The number of halogens is 3. The number of carboxylic acids is 1. The van der Waals surface area contributed by atoms with E-state index in [-0.39, 0.29) is 24.0 Å². The van der Waals surface area contributed by atoms with Crippen molar-refractivity contribution in [2.24, 2.45) is 0 Å². The highest BCUT2D eigenvalue weighted by Crippen LogP contribution is 2.31. The Kier molecular flexibility index (Phi) is 11.2. The molecule has 0 aliphatic carbocycles. The average molecular weight is 557 g/mol. The first-order valence-corrected chi connectivity index (χ1v) is 13.7. The largest absolute Gasteiger partial charge is 0.478 e. The van der Waals surface area contributed by atoms with E-state index in [9.17, 15) is 27.9 Å². The number of unbranched alkanes of at least 4 members (excludes halogenated alkanes) is 5. The number of aryl methyl sites for hydroxylation is 1. The second kappa shape index (κ2) is 14.6. The summed E-state index contributed by atoms with van der Waals surface area (Å²) in [5.74, 6) is -1.79. The number of carbonyl (C=O) groups excluding carboxylic acids is 1. The van der Waals surface area contributed by atoms with Gasteiger partial charge in [-0.05, 0) is 66.6 Å². The normalized spacial score (nSPS) is 12.2. The van der Waals surface area contributed by atoms with E-state index in [1.807, 2.05) is 0 Å². The van der Waals surface area contributed by atoms with Gasteiger partial charge in [0.25, 0.3) is 0 Å². The number of carbonyl (C=O) groups is 2. The molecule has 1 aromatic heterocycles. The van der Waals surface area contributed by atoms with Gasteiger partial charge in [0.15, 0.2) is 11.9 Å². The van der Waals surface area contributed by atoms with Gasteiger partial charge in [-0.3, -0.25) is 0 Å². The van der Waals surface area contributed by atoms with Crippen molar-refractivity contribution in [1.82, 2.24) is 9.97 Å². The Morgan fingerprint density at radius 3 is 2.10 bits per heavy atom. The third-order valence-corrected chi connectivity index (χ3v) is 6.65. The number of ether oxygens (including phenoxy) is 1. The number of hydrogen-bond acceptors (Lipinski definition) is 5. The Labute approximate surface area is 232 Å². The smallest absolute Gasteiger partial charge is 0.425 e. The molecule has 0 saturated carbocycles. The highest BCUT2D eigenvalue weighted by Gasteiger charge is 2.42. The number of nitrogens with zero attached hydrogens (tertiary/aromatic N) is 2. The molecule has 40 heavy (non-hydrogen) atoms. The molecule has 3 rings (SSSR count). The van der Waals surface area contributed by atoms with Crippen molar-refractivity contribution in [2.75, 3.05) is 0 Å². The Morgan fingerprint density at radius 1 is 0.875 bits per heavy atom. The number of esters is 1. The summed E-state index contributed by atoms with van der Waals surface area (Å²) in [6, 6.07) is 10.4. The third-order valence-electron chi connectivity index (χ3n) is 6.65. The molecule has 0 bridgehead atoms. The number of aromatic nitrogens is 2. The van der Waals surface area contributed by atoms with Gasteiger partial charge in [0.2, 0.25) is 0 Å². The maximum Gasteiger partial charge on any atom is 0.425 e. The van der Waals surface area contributed by atoms with Crippen LogP contribution in [-0.4, -0.2) is 39.3 Å². The van der Waals surface area contributed by atoms with E-state index in [4.69, 9.17) is 4.74 Å². The molecular formula is C31H35F3N2O4. The molecule has 0 aliphatic rings. The maximum atomic E-state index is 13.3. The van der Waals surface area contributed by atoms with Crippen LogP contribution in [0.3, 0.4) is 0 Å². The predicted octanol–water partition coefficient (Wildman–Crippen LogP) is 8.30. The van der Waals surface area contributed by atoms with Crippen LogP contribution in [0.15, 0.2) is 54.9 Å². The molecular weight excluding hydrogens is 521 g/mol. The summed E-state index contributed by atoms with van der Waals surface area (Å²) in [6.07, 6.45) is 3.99. The van der Waals surface area contributed by atoms with Crippen molar-refractivity contribution in [2.45, 2.75) is 83.9 Å². The van der Waals surface area contributed by atoms with Crippen LogP contribution >= 0.6 is 0 Å². The molecule has 9 heteroatoms. The summed E-state index contributed by atoms with van der Waals surface area (Å²) in [6.45, 7) is 3.93. The zero-order valence-electron chi connectivity index (χ0n) is 22.8. The van der Waals surface area contributed by atoms with Crippen molar-refractivity contribution < 1.29 is 32.6 Å². The van der Waals surface area contributed by atoms with Crippen molar-refractivity contribution in [1.29, 1.82) is 0 Å². The summed E-state index contributed by atoms with van der Waals surface area (Å²) in [5, 5.41) is 9.74. The van der Waals surface area contributed by atoms with Gasteiger partial charge in [0.05, 0.1) is 11.1 Å². The summed E-state index contributed by atoms with van der Waals surface area (Å²) in [7, 11) is 0. The standard InChI is InChI=1S/C31H35F3N2O4/c1-3-5-7-8-9-10-21-19-35-28(36-20-21)24-16-17-25(29(37)38)26(18-24)22-12-14-23(15-13-22)30(39)40-27(11-6-4-2)31(32,33)34/h12-20,27H,3-11H2,1-2H3,(H,37,38)/t27-/m0/s1. The fourth-order valence-corrected chi connectivity index (χ4v) is 4.34. The monoisotopic (exact) mass is 556 g/mol. The molecule has 1 N–H and O–H groups in total. The predicted molar refractivity (Wildman–Crippen MR) is 147 cm³/mol. The molecule has 1 heterocycles. The zero-order valence-corrected chi connectivity index (χ0v) is 22.8. The minimum absolute atomic E-state index is 0.0273. The third kappa shape index (κ3) is 8.63. The van der Waals surface area contributed by atoms with E-state index in [0.717, 1.165) is 24.8 Å². The number of carboxylic acid groups (broad SMARTS) is 1. The first kappa shape index (κ1) is 30.8. The van der Waals surface area contributed by atoms with E-state index in [0.29, 0.717) is 28.9 Å². The highest BCUT2D eigenvalue weighted by molar-refractivity contribution is 5.97. The molecule has 0 radical (unpaired) electrons. The average Bonchev–Trinajstić information content (AvgIpc) is 2.94. The first-order chi connectivity index (χ1) is 19.1. The van der Waals surface area contributed by atoms with Crippen molar-refractivity contribution in [3.63, 3.8) is 0 Å². The van der Waals surface area contributed by atoms with Crippen LogP contribution in [-0.2, 0) is 11.2 Å². The van der Waals surface area contributed by atoms with Crippen molar-refractivity contribution >= 4 is 11.9 Å². The van der Waals surface area contributed by atoms with Crippen LogP contribution in [0.2, 0.25) is 0 Å². The molecule has 6 nitrogen and oxygen atoms in total. The summed E-state index contributed by atoms with van der Waals surface area (Å²) < 4.78 is 44.6. The van der Waals surface area contributed by atoms with E-state index in [1.165, 1.54) is 49.6 Å². The van der Waals surface area contributed by atoms with Crippen molar-refractivity contribution in [3.05, 3.63) is 71.5 Å². The van der Waals surface area contributed by atoms with Gasteiger partial charge in [0.1, 0.15) is 0 Å². The molecule has 3 aromatic rings. The Balaban J connectivity index is 1.79. The fraction of sp³-hybridized carbons (Fsp3) is 0.419. The number of hydrogen-bond donors (Lipinski definition) is 1. The van der Waals surface area contributed by atoms with Gasteiger partial charge in [-0.25, -0.2) is 19.6 Å². The summed E-state index contributed by atoms with van der Waals surface area (Å²) in [4.78, 5) is 33.3. The topological polar surface area (TPSA) is 89.4 Å². The van der Waals surface area contributed by atoms with Gasteiger partial charge in [-0.15, -0.1) is 0 Å². The van der Waals surface area contributed by atoms with E-state index >= 15 is 0 Å². The Morgan fingerprint density at radius 2 is 1.50 bits per heavy atom. The van der Waals surface area contributed by atoms with Gasteiger partial charge >= 0.3 is 18.1 Å². The minimum Gasteiger partial charge on any atom is -0.478 e. The second-order valence-electron chi connectivity index (χ2n) is 9.80. The van der Waals surface area contributed by atoms with E-state index in [1.54, 1.807) is 31.5 Å². The van der Waals surface area contributed by atoms with Crippen LogP contribution < -0.4 is 0 Å². The molecule has 2 aromatic carbocycles. The van der Waals surface area contributed by atoms with Gasteiger partial charge < -0.3 is 9.84 Å². The Bertz CT molecular complexity index is 1260. The van der Waals surface area contributed by atoms with Crippen LogP contribution in [0, 0.1) is 0 Å². The number of alkyl halides is 3. The lowest BCUT2D eigenvalue weighted by atomic mass is 9.96. The molecule has 0 fully saturated rings. The number of aromatic carboxylic acids is 1. The molecule has 1 atom stereocenters. The lowest BCUT2D eigenvalue weighted by Gasteiger charge is -2.20. The van der Waals surface area contributed by atoms with Crippen LogP contribution in [0.25, 0.3) is 22.5 Å².